The number of thiazole rings is 1. The maximum absolute atomic E-state index is 4.78. The molecule has 0 spiro atoms. The molecule has 0 saturated carbocycles. The van der Waals surface area contributed by atoms with Gasteiger partial charge in [0.15, 0.2) is 5.82 Å². The second kappa shape index (κ2) is 6.65. The highest BCUT2D eigenvalue weighted by Gasteiger charge is 2.20. The third kappa shape index (κ3) is 3.01. The Morgan fingerprint density at radius 1 is 1.21 bits per heavy atom. The largest absolute Gasteiger partial charge is 0.365 e. The lowest BCUT2D eigenvalue weighted by Crippen LogP contribution is -2.07. The van der Waals surface area contributed by atoms with E-state index in [2.05, 4.69) is 22.2 Å². The summed E-state index contributed by atoms with van der Waals surface area (Å²) in [5, 5.41) is 4.68. The summed E-state index contributed by atoms with van der Waals surface area (Å²) in [6.07, 6.45) is 9.75. The number of hydrogen-bond donors (Lipinski definition) is 1. The van der Waals surface area contributed by atoms with Crippen molar-refractivity contribution in [3.8, 4) is 11.4 Å². The summed E-state index contributed by atoms with van der Waals surface area (Å²) in [7, 11) is 0. The van der Waals surface area contributed by atoms with Crippen molar-refractivity contribution >= 4 is 17.2 Å². The zero-order valence-corrected chi connectivity index (χ0v) is 14.4. The zero-order chi connectivity index (χ0) is 16.4. The fourth-order valence-corrected chi connectivity index (χ4v) is 3.77. The van der Waals surface area contributed by atoms with E-state index in [0.29, 0.717) is 0 Å². The van der Waals surface area contributed by atoms with Crippen LogP contribution in [-0.4, -0.2) is 19.9 Å². The van der Waals surface area contributed by atoms with Gasteiger partial charge in [-0.25, -0.2) is 15.0 Å². The Labute approximate surface area is 145 Å². The van der Waals surface area contributed by atoms with Gasteiger partial charge in [0.25, 0.3) is 0 Å². The molecule has 24 heavy (non-hydrogen) atoms. The fourth-order valence-electron chi connectivity index (χ4n) is 2.97. The monoisotopic (exact) mass is 337 g/mol. The van der Waals surface area contributed by atoms with Gasteiger partial charge in [-0.2, -0.15) is 0 Å². The molecule has 3 aromatic heterocycles. The molecule has 6 heteroatoms. The lowest BCUT2D eigenvalue weighted by atomic mass is 10.2. The number of hydrogen-bond acceptors (Lipinski definition) is 6. The number of aromatic nitrogens is 4. The number of pyridine rings is 1. The van der Waals surface area contributed by atoms with Crippen molar-refractivity contribution < 1.29 is 0 Å². The first-order valence-corrected chi connectivity index (χ1v) is 9.12. The first-order chi connectivity index (χ1) is 11.8. The quantitative estimate of drug-likeness (QED) is 0.770. The van der Waals surface area contributed by atoms with Crippen LogP contribution in [0.5, 0.6) is 0 Å². The van der Waals surface area contributed by atoms with E-state index >= 15 is 0 Å². The molecule has 3 aromatic rings. The molecule has 1 aliphatic carbocycles. The van der Waals surface area contributed by atoms with Crippen LogP contribution in [0.25, 0.3) is 11.4 Å². The first kappa shape index (κ1) is 15.2. The van der Waals surface area contributed by atoms with Crippen molar-refractivity contribution in [3.05, 3.63) is 51.9 Å². The molecule has 0 aliphatic heterocycles. The molecule has 0 atom stereocenters. The molecule has 0 bridgehead atoms. The summed E-state index contributed by atoms with van der Waals surface area (Å²) in [5.74, 6) is 1.72. The Kier molecular flexibility index (Phi) is 4.21. The Bertz CT molecular complexity index is 844. The molecule has 1 N–H and O–H groups in total. The van der Waals surface area contributed by atoms with Crippen LogP contribution in [-0.2, 0) is 25.8 Å². The van der Waals surface area contributed by atoms with Crippen LogP contribution in [0.3, 0.4) is 0 Å². The highest BCUT2D eigenvalue weighted by molar-refractivity contribution is 7.11. The van der Waals surface area contributed by atoms with E-state index in [-0.39, 0.29) is 0 Å². The number of aryl methyl sites for hydroxylation is 2. The molecule has 0 aromatic carbocycles. The van der Waals surface area contributed by atoms with Crippen molar-refractivity contribution in [1.82, 2.24) is 19.9 Å². The second-order valence-electron chi connectivity index (χ2n) is 5.84. The van der Waals surface area contributed by atoms with E-state index in [1.807, 2.05) is 24.5 Å². The lowest BCUT2D eigenvalue weighted by molar-refractivity contribution is 0.899. The lowest BCUT2D eigenvalue weighted by Gasteiger charge is -2.11. The Morgan fingerprint density at radius 2 is 2.17 bits per heavy atom. The van der Waals surface area contributed by atoms with Gasteiger partial charge in [-0.05, 0) is 37.8 Å². The van der Waals surface area contributed by atoms with Gasteiger partial charge in [-0.15, -0.1) is 11.3 Å². The summed E-state index contributed by atoms with van der Waals surface area (Å²) >= 11 is 1.76. The SMILES string of the molecule is CCc1ncc(CNc2nc(-c3cccnc3)nc3c2CCC3)s1. The van der Waals surface area contributed by atoms with Gasteiger partial charge < -0.3 is 5.32 Å². The normalized spacial score (nSPS) is 13.0. The van der Waals surface area contributed by atoms with Crippen molar-refractivity contribution in [1.29, 1.82) is 0 Å². The molecular weight excluding hydrogens is 318 g/mol. The molecule has 0 fully saturated rings. The molecular formula is C18H19N5S. The van der Waals surface area contributed by atoms with Crippen LogP contribution in [0.2, 0.25) is 0 Å². The van der Waals surface area contributed by atoms with E-state index in [9.17, 15) is 0 Å². The highest BCUT2D eigenvalue weighted by atomic mass is 32.1. The molecule has 4 rings (SSSR count). The number of rotatable bonds is 5. The van der Waals surface area contributed by atoms with E-state index in [0.717, 1.165) is 49.4 Å². The average molecular weight is 337 g/mol. The molecule has 0 saturated heterocycles. The van der Waals surface area contributed by atoms with E-state index in [1.54, 1.807) is 17.5 Å². The van der Waals surface area contributed by atoms with Crippen molar-refractivity contribution in [2.24, 2.45) is 0 Å². The minimum atomic E-state index is 0.754. The first-order valence-electron chi connectivity index (χ1n) is 8.31. The number of nitrogens with zero attached hydrogens (tertiary/aromatic N) is 4. The minimum Gasteiger partial charge on any atom is -0.365 e. The summed E-state index contributed by atoms with van der Waals surface area (Å²) in [4.78, 5) is 19.4. The van der Waals surface area contributed by atoms with Gasteiger partial charge >= 0.3 is 0 Å². The summed E-state index contributed by atoms with van der Waals surface area (Å²) in [5.41, 5.74) is 3.40. The predicted molar refractivity (Wildman–Crippen MR) is 96.1 cm³/mol. The average Bonchev–Trinajstić information content (AvgIpc) is 3.29. The topological polar surface area (TPSA) is 63.6 Å². The van der Waals surface area contributed by atoms with E-state index < -0.39 is 0 Å². The Morgan fingerprint density at radius 3 is 2.96 bits per heavy atom. The number of nitrogens with one attached hydrogen (secondary N) is 1. The summed E-state index contributed by atoms with van der Waals surface area (Å²) in [6.45, 7) is 2.89. The maximum atomic E-state index is 4.78. The van der Waals surface area contributed by atoms with Crippen LogP contribution in [0.15, 0.2) is 30.7 Å². The maximum Gasteiger partial charge on any atom is 0.163 e. The molecule has 1 aliphatic rings. The molecule has 5 nitrogen and oxygen atoms in total. The fraction of sp³-hybridized carbons (Fsp3) is 0.333. The smallest absolute Gasteiger partial charge is 0.163 e. The van der Waals surface area contributed by atoms with Gasteiger partial charge in [0.2, 0.25) is 0 Å². The zero-order valence-electron chi connectivity index (χ0n) is 13.6. The van der Waals surface area contributed by atoms with Crippen LogP contribution in [0, 0.1) is 0 Å². The second-order valence-corrected chi connectivity index (χ2v) is 7.04. The molecule has 0 radical (unpaired) electrons. The predicted octanol–water partition coefficient (Wildman–Crippen LogP) is 3.66. The van der Waals surface area contributed by atoms with E-state index in [4.69, 9.17) is 9.97 Å². The van der Waals surface area contributed by atoms with Gasteiger partial charge in [-0.1, -0.05) is 6.92 Å². The Balaban J connectivity index is 1.63. The molecule has 122 valence electrons. The van der Waals surface area contributed by atoms with Gasteiger partial charge in [0.1, 0.15) is 5.82 Å². The number of fused-ring (bicyclic) bond motifs is 1. The van der Waals surface area contributed by atoms with Crippen LogP contribution < -0.4 is 5.32 Å². The molecule has 0 unspecified atom stereocenters. The highest BCUT2D eigenvalue weighted by Crippen LogP contribution is 2.29. The summed E-state index contributed by atoms with van der Waals surface area (Å²) < 4.78 is 0. The summed E-state index contributed by atoms with van der Waals surface area (Å²) in [6, 6.07) is 3.92. The van der Waals surface area contributed by atoms with Gasteiger partial charge in [0, 0.05) is 40.3 Å². The molecule has 0 amide bonds. The van der Waals surface area contributed by atoms with Gasteiger partial charge in [-0.3, -0.25) is 4.98 Å². The van der Waals surface area contributed by atoms with Crippen molar-refractivity contribution in [3.63, 3.8) is 0 Å². The minimum absolute atomic E-state index is 0.754. The van der Waals surface area contributed by atoms with Crippen LogP contribution >= 0.6 is 11.3 Å². The standard InChI is InChI=1S/C18H19N5S/c1-2-16-20-10-13(24-16)11-21-18-14-6-3-7-15(14)22-17(23-18)12-5-4-8-19-9-12/h4-5,8-10H,2-3,6-7,11H2,1H3,(H,21,22,23). The van der Waals surface area contributed by atoms with Gasteiger partial charge in [0.05, 0.1) is 11.6 Å². The third-order valence-corrected chi connectivity index (χ3v) is 5.33. The Hall–Kier alpha value is -2.34. The van der Waals surface area contributed by atoms with Crippen molar-refractivity contribution in [2.45, 2.75) is 39.2 Å². The number of anilines is 1. The van der Waals surface area contributed by atoms with Crippen LogP contribution in [0.1, 0.15) is 34.5 Å². The van der Waals surface area contributed by atoms with E-state index in [1.165, 1.54) is 21.1 Å². The third-order valence-electron chi connectivity index (χ3n) is 4.19. The molecule has 3 heterocycles. The van der Waals surface area contributed by atoms with Crippen LogP contribution in [0.4, 0.5) is 5.82 Å². The van der Waals surface area contributed by atoms with Crippen molar-refractivity contribution in [2.75, 3.05) is 5.32 Å².